The molecule has 0 fully saturated rings. The van der Waals surface area contributed by atoms with Gasteiger partial charge in [0.15, 0.2) is 5.70 Å². The van der Waals surface area contributed by atoms with Crippen molar-refractivity contribution in [3.05, 3.63) is 11.4 Å². The van der Waals surface area contributed by atoms with Crippen LogP contribution in [-0.4, -0.2) is 48.0 Å². The predicted molar refractivity (Wildman–Crippen MR) is 95.8 cm³/mol. The SMILES string of the molecule is CCOC(=O)/C(=C(\C)NC(C)C)N(NC(=O)OC(C)C)C(=O)OC(C)C. The average Bonchev–Trinajstić information content (AvgIpc) is 2.44. The van der Waals surface area contributed by atoms with Crippen LogP contribution < -0.4 is 10.7 Å². The van der Waals surface area contributed by atoms with E-state index in [1.807, 2.05) is 13.8 Å². The van der Waals surface area contributed by atoms with E-state index in [0.29, 0.717) is 10.7 Å². The Morgan fingerprint density at radius 2 is 1.50 bits per heavy atom. The number of carbonyl (C=O) groups is 3. The largest absolute Gasteiger partial charge is 0.461 e. The third-order valence-electron chi connectivity index (χ3n) is 2.62. The number of nitrogens with one attached hydrogen (secondary N) is 2. The first-order chi connectivity index (χ1) is 12.0. The Balaban J connectivity index is 5.93. The quantitative estimate of drug-likeness (QED) is 0.306. The van der Waals surface area contributed by atoms with E-state index >= 15 is 0 Å². The predicted octanol–water partition coefficient (Wildman–Crippen LogP) is 2.68. The van der Waals surface area contributed by atoms with Crippen LogP contribution in [0.15, 0.2) is 11.4 Å². The lowest BCUT2D eigenvalue weighted by Gasteiger charge is -2.27. The number of ether oxygens (including phenoxy) is 3. The number of hydrogen-bond acceptors (Lipinski definition) is 7. The molecule has 0 radical (unpaired) electrons. The van der Waals surface area contributed by atoms with Gasteiger partial charge in [0.05, 0.1) is 18.8 Å². The first-order valence-corrected chi connectivity index (χ1v) is 8.62. The van der Waals surface area contributed by atoms with Crippen LogP contribution in [0.5, 0.6) is 0 Å². The maximum Gasteiger partial charge on any atom is 0.434 e. The molecule has 0 unspecified atom stereocenters. The van der Waals surface area contributed by atoms with E-state index in [1.54, 1.807) is 41.5 Å². The summed E-state index contributed by atoms with van der Waals surface area (Å²) in [6.45, 7) is 13.7. The maximum atomic E-state index is 12.5. The molecule has 9 nitrogen and oxygen atoms in total. The van der Waals surface area contributed by atoms with Gasteiger partial charge >= 0.3 is 18.2 Å². The van der Waals surface area contributed by atoms with E-state index < -0.39 is 30.4 Å². The van der Waals surface area contributed by atoms with Gasteiger partial charge < -0.3 is 19.5 Å². The van der Waals surface area contributed by atoms with Crippen molar-refractivity contribution in [3.63, 3.8) is 0 Å². The molecular weight excluding hydrogens is 342 g/mol. The number of esters is 1. The number of hydrogen-bond donors (Lipinski definition) is 2. The maximum absolute atomic E-state index is 12.5. The van der Waals surface area contributed by atoms with Crippen molar-refractivity contribution in [2.75, 3.05) is 6.61 Å². The van der Waals surface area contributed by atoms with Gasteiger partial charge in [0.1, 0.15) is 0 Å². The highest BCUT2D eigenvalue weighted by molar-refractivity contribution is 5.93. The molecule has 0 saturated carbocycles. The van der Waals surface area contributed by atoms with Gasteiger partial charge in [0, 0.05) is 11.7 Å². The van der Waals surface area contributed by atoms with Crippen LogP contribution in [0.1, 0.15) is 55.4 Å². The smallest absolute Gasteiger partial charge is 0.434 e. The van der Waals surface area contributed by atoms with Crippen molar-refractivity contribution in [2.45, 2.75) is 73.6 Å². The zero-order valence-electron chi connectivity index (χ0n) is 16.8. The number of nitrogens with zero attached hydrogens (tertiary/aromatic N) is 1. The summed E-state index contributed by atoms with van der Waals surface area (Å²) >= 11 is 0. The van der Waals surface area contributed by atoms with Crippen LogP contribution in [0, 0.1) is 0 Å². The van der Waals surface area contributed by atoms with Gasteiger partial charge in [-0.1, -0.05) is 0 Å². The third kappa shape index (κ3) is 8.59. The molecule has 0 aromatic rings. The topological polar surface area (TPSA) is 106 Å². The highest BCUT2D eigenvalue weighted by Crippen LogP contribution is 2.13. The molecule has 0 rings (SSSR count). The minimum Gasteiger partial charge on any atom is -0.461 e. The summed E-state index contributed by atoms with van der Waals surface area (Å²) < 4.78 is 15.1. The highest BCUT2D eigenvalue weighted by Gasteiger charge is 2.31. The second-order valence-electron chi connectivity index (χ2n) is 6.33. The van der Waals surface area contributed by atoms with Crippen LogP contribution in [-0.2, 0) is 19.0 Å². The fourth-order valence-corrected chi connectivity index (χ4v) is 1.89. The summed E-state index contributed by atoms with van der Waals surface area (Å²) in [6, 6.07) is -0.0231. The second kappa shape index (κ2) is 11.2. The Hall–Kier alpha value is -2.45. The van der Waals surface area contributed by atoms with Crippen LogP contribution in [0.25, 0.3) is 0 Å². The molecule has 0 aliphatic carbocycles. The molecule has 26 heavy (non-hydrogen) atoms. The van der Waals surface area contributed by atoms with Crippen molar-refractivity contribution < 1.29 is 28.6 Å². The van der Waals surface area contributed by atoms with E-state index in [4.69, 9.17) is 14.2 Å². The van der Waals surface area contributed by atoms with E-state index in [-0.39, 0.29) is 18.3 Å². The summed E-state index contributed by atoms with van der Waals surface area (Å²) in [5, 5.41) is 3.72. The molecule has 9 heteroatoms. The monoisotopic (exact) mass is 373 g/mol. The Morgan fingerprint density at radius 1 is 0.962 bits per heavy atom. The molecule has 0 saturated heterocycles. The molecule has 0 aromatic heterocycles. The van der Waals surface area contributed by atoms with Gasteiger partial charge in [-0.15, -0.1) is 0 Å². The minimum absolute atomic E-state index is 0.0231. The average molecular weight is 373 g/mol. The van der Waals surface area contributed by atoms with Gasteiger partial charge in [-0.05, 0) is 55.4 Å². The van der Waals surface area contributed by atoms with Crippen molar-refractivity contribution in [3.8, 4) is 0 Å². The normalized spacial score (nSPS) is 11.8. The summed E-state index contributed by atoms with van der Waals surface area (Å²) in [4.78, 5) is 36.9. The van der Waals surface area contributed by atoms with E-state index in [0.717, 1.165) is 0 Å². The molecule has 0 spiro atoms. The second-order valence-corrected chi connectivity index (χ2v) is 6.33. The lowest BCUT2D eigenvalue weighted by Crippen LogP contribution is -2.50. The van der Waals surface area contributed by atoms with Crippen LogP contribution >= 0.6 is 0 Å². The molecule has 0 aromatic carbocycles. The van der Waals surface area contributed by atoms with Gasteiger partial charge in [0.2, 0.25) is 0 Å². The Kier molecular flexibility index (Phi) is 10.2. The first kappa shape index (κ1) is 23.5. The molecule has 0 aliphatic rings. The minimum atomic E-state index is -0.936. The number of rotatable bonds is 7. The van der Waals surface area contributed by atoms with Gasteiger partial charge in [-0.3, -0.25) is 0 Å². The van der Waals surface area contributed by atoms with Crippen molar-refractivity contribution in [1.29, 1.82) is 0 Å². The summed E-state index contributed by atoms with van der Waals surface area (Å²) in [7, 11) is 0. The zero-order valence-corrected chi connectivity index (χ0v) is 16.8. The first-order valence-electron chi connectivity index (χ1n) is 8.62. The summed E-state index contributed by atoms with van der Waals surface area (Å²) in [6.07, 6.45) is -2.72. The molecule has 0 atom stereocenters. The molecule has 2 amide bonds. The third-order valence-corrected chi connectivity index (χ3v) is 2.62. The lowest BCUT2D eigenvalue weighted by molar-refractivity contribution is -0.140. The Morgan fingerprint density at radius 3 is 1.92 bits per heavy atom. The number of hydrazine groups is 1. The Labute approximate surface area is 155 Å². The number of amides is 2. The van der Waals surface area contributed by atoms with Gasteiger partial charge in [-0.2, -0.15) is 5.01 Å². The van der Waals surface area contributed by atoms with Gasteiger partial charge in [0.25, 0.3) is 0 Å². The van der Waals surface area contributed by atoms with Crippen LogP contribution in [0.4, 0.5) is 9.59 Å². The van der Waals surface area contributed by atoms with Crippen molar-refractivity contribution >= 4 is 18.2 Å². The molecule has 2 N–H and O–H groups in total. The molecule has 0 bridgehead atoms. The standard InChI is InChI=1S/C17H31N3O6/c1-9-24-15(21)14(13(8)18-10(2)3)20(17(23)26-12(6)7)19-16(22)25-11(4)5/h10-12,18H,9H2,1-8H3,(H,19,22)/b14-13-. The zero-order chi connectivity index (χ0) is 20.4. The van der Waals surface area contributed by atoms with E-state index in [1.165, 1.54) is 0 Å². The van der Waals surface area contributed by atoms with Gasteiger partial charge in [-0.25, -0.2) is 19.8 Å². The lowest BCUT2D eigenvalue weighted by atomic mass is 10.3. The summed E-state index contributed by atoms with van der Waals surface area (Å²) in [5.74, 6) is -0.788. The Bertz CT molecular complexity index is 529. The fourth-order valence-electron chi connectivity index (χ4n) is 1.89. The highest BCUT2D eigenvalue weighted by atomic mass is 16.6. The number of allylic oxidation sites excluding steroid dienone is 1. The molecule has 0 heterocycles. The van der Waals surface area contributed by atoms with Crippen LogP contribution in [0.2, 0.25) is 0 Å². The van der Waals surface area contributed by atoms with E-state index in [9.17, 15) is 14.4 Å². The fraction of sp³-hybridized carbons (Fsp3) is 0.706. The molecule has 150 valence electrons. The van der Waals surface area contributed by atoms with Crippen LogP contribution in [0.3, 0.4) is 0 Å². The number of carbonyl (C=O) groups excluding carboxylic acids is 3. The summed E-state index contributed by atoms with van der Waals surface area (Å²) in [5.41, 5.74) is 2.39. The van der Waals surface area contributed by atoms with E-state index in [2.05, 4.69) is 10.7 Å². The molecule has 0 aliphatic heterocycles. The van der Waals surface area contributed by atoms with Crippen molar-refractivity contribution in [2.24, 2.45) is 0 Å². The molecular formula is C17H31N3O6. The van der Waals surface area contributed by atoms with Crippen molar-refractivity contribution in [1.82, 2.24) is 15.8 Å².